The van der Waals surface area contributed by atoms with Gasteiger partial charge in [-0.25, -0.2) is 10.9 Å². The molecule has 0 atom stereocenters. The molecule has 0 spiro atoms. The first-order valence-electron chi connectivity index (χ1n) is 16.9. The maximum atomic E-state index is 12.7. The van der Waals surface area contributed by atoms with Gasteiger partial charge in [-0.15, -0.1) is 0 Å². The number of anilines is 2. The smallest absolute Gasteiger partial charge is 0.271 e. The summed E-state index contributed by atoms with van der Waals surface area (Å²) in [5, 5.41) is 14.5. The number of carbonyl (C=O) groups is 4. The fraction of sp³-hybridized carbons (Fsp3) is 0.368. The molecule has 2 aliphatic rings. The zero-order valence-electron chi connectivity index (χ0n) is 27.7. The van der Waals surface area contributed by atoms with Crippen LogP contribution in [0.15, 0.2) is 83.0 Å². The van der Waals surface area contributed by atoms with E-state index in [-0.39, 0.29) is 23.7 Å². The predicted molar refractivity (Wildman–Crippen MR) is 189 cm³/mol. The zero-order valence-corrected chi connectivity index (χ0v) is 27.7. The normalized spacial score (nSPS) is 16.1. The van der Waals surface area contributed by atoms with E-state index in [9.17, 15) is 19.2 Å². The monoisotopic (exact) mass is 648 g/mol. The van der Waals surface area contributed by atoms with Crippen LogP contribution >= 0.6 is 0 Å². The first-order chi connectivity index (χ1) is 23.3. The van der Waals surface area contributed by atoms with Gasteiger partial charge in [0.05, 0.1) is 11.4 Å². The molecule has 2 fully saturated rings. The topological polar surface area (TPSA) is 141 Å². The molecule has 48 heavy (non-hydrogen) atoms. The van der Waals surface area contributed by atoms with Gasteiger partial charge in [0.25, 0.3) is 11.8 Å². The molecular weight excluding hydrogens is 604 g/mol. The van der Waals surface area contributed by atoms with Gasteiger partial charge in [-0.05, 0) is 99.2 Å². The molecule has 10 nitrogen and oxygen atoms in total. The maximum Gasteiger partial charge on any atom is 0.271 e. The van der Waals surface area contributed by atoms with E-state index in [1.165, 1.54) is 12.8 Å². The Labute approximate surface area is 281 Å². The minimum Gasteiger partial charge on any atom is -0.326 e. The third-order valence-corrected chi connectivity index (χ3v) is 9.15. The molecule has 0 aromatic heterocycles. The van der Waals surface area contributed by atoms with Crippen molar-refractivity contribution in [1.29, 1.82) is 0 Å². The van der Waals surface area contributed by atoms with Gasteiger partial charge in [-0.2, -0.15) is 10.2 Å². The second-order valence-electron chi connectivity index (χ2n) is 12.7. The van der Waals surface area contributed by atoms with Crippen LogP contribution < -0.4 is 21.5 Å². The van der Waals surface area contributed by atoms with Gasteiger partial charge in [0.2, 0.25) is 11.8 Å². The molecule has 0 unspecified atom stereocenters. The van der Waals surface area contributed by atoms with E-state index in [0.717, 1.165) is 73.9 Å². The van der Waals surface area contributed by atoms with E-state index in [4.69, 9.17) is 0 Å². The first kappa shape index (κ1) is 34.2. The van der Waals surface area contributed by atoms with Crippen molar-refractivity contribution in [3.63, 3.8) is 0 Å². The summed E-state index contributed by atoms with van der Waals surface area (Å²) in [5.74, 6) is -0.508. The van der Waals surface area contributed by atoms with Gasteiger partial charge in [-0.3, -0.25) is 19.2 Å². The number of rotatable bonds is 10. The lowest BCUT2D eigenvalue weighted by atomic mass is 9.88. The molecule has 0 bridgehead atoms. The lowest BCUT2D eigenvalue weighted by molar-refractivity contribution is -0.121. The van der Waals surface area contributed by atoms with E-state index >= 15 is 0 Å². The first-order valence-corrected chi connectivity index (χ1v) is 16.9. The van der Waals surface area contributed by atoms with Crippen molar-refractivity contribution in [3.8, 4) is 0 Å². The lowest BCUT2D eigenvalue weighted by Crippen LogP contribution is -2.24. The largest absolute Gasteiger partial charge is 0.326 e. The van der Waals surface area contributed by atoms with Gasteiger partial charge in [0.15, 0.2) is 0 Å². The summed E-state index contributed by atoms with van der Waals surface area (Å²) in [4.78, 5) is 50.5. The minimum atomic E-state index is -0.412. The highest BCUT2D eigenvalue weighted by Gasteiger charge is 2.22. The van der Waals surface area contributed by atoms with E-state index in [0.29, 0.717) is 22.6 Å². The Hall–Kier alpha value is -5.12. The summed E-state index contributed by atoms with van der Waals surface area (Å²) in [6.45, 7) is 3.58. The molecular formula is C38H44N6O4. The van der Waals surface area contributed by atoms with E-state index in [2.05, 4.69) is 31.7 Å². The molecule has 0 aliphatic heterocycles. The standard InChI is InChI=1S/C38H44N6O4/c1-25(27-17-21-33(22-18-27)39-35(45)29-9-5-3-6-10-29)41-43-37(47)31-13-15-32(16-14-31)38(48)44-42-26(2)28-19-23-34(24-20-28)40-36(46)30-11-7-4-8-12-30/h13-24,29-30H,3-12H2,1-2H3,(H,39,45)(H,40,46)(H,43,47)(H,44,48)/b41-25+,42-26+. The molecule has 0 radical (unpaired) electrons. The number of carbonyl (C=O) groups excluding carboxylic acids is 4. The van der Waals surface area contributed by atoms with Gasteiger partial charge in [-0.1, -0.05) is 62.8 Å². The fourth-order valence-electron chi connectivity index (χ4n) is 6.11. The highest BCUT2D eigenvalue weighted by atomic mass is 16.2. The molecule has 4 N–H and O–H groups in total. The average molecular weight is 649 g/mol. The predicted octanol–water partition coefficient (Wildman–Crippen LogP) is 7.03. The summed E-state index contributed by atoms with van der Waals surface area (Å²) in [5.41, 5.74) is 10.1. The summed E-state index contributed by atoms with van der Waals surface area (Å²) in [6.07, 6.45) is 10.6. The molecule has 5 rings (SSSR count). The second kappa shape index (κ2) is 16.6. The number of hydrazone groups is 2. The van der Waals surface area contributed by atoms with Crippen LogP contribution in [0.1, 0.15) is 110 Å². The van der Waals surface area contributed by atoms with Crippen LogP contribution in [0.4, 0.5) is 11.4 Å². The molecule has 10 heteroatoms. The summed E-state index contributed by atoms with van der Waals surface area (Å²) in [6, 6.07) is 21.0. The van der Waals surface area contributed by atoms with Crippen molar-refractivity contribution < 1.29 is 19.2 Å². The van der Waals surface area contributed by atoms with Crippen molar-refractivity contribution >= 4 is 46.4 Å². The lowest BCUT2D eigenvalue weighted by Gasteiger charge is -2.20. The van der Waals surface area contributed by atoms with Crippen molar-refractivity contribution in [1.82, 2.24) is 10.9 Å². The van der Waals surface area contributed by atoms with Crippen molar-refractivity contribution in [2.45, 2.75) is 78.1 Å². The number of nitrogens with one attached hydrogen (secondary N) is 4. The van der Waals surface area contributed by atoms with Gasteiger partial charge in [0.1, 0.15) is 0 Å². The summed E-state index contributed by atoms with van der Waals surface area (Å²) in [7, 11) is 0. The molecule has 2 saturated carbocycles. The quantitative estimate of drug-likeness (QED) is 0.138. The molecule has 0 heterocycles. The van der Waals surface area contributed by atoms with Gasteiger partial charge >= 0.3 is 0 Å². The molecule has 250 valence electrons. The number of hydrogen-bond acceptors (Lipinski definition) is 6. The second-order valence-corrected chi connectivity index (χ2v) is 12.7. The van der Waals surface area contributed by atoms with Crippen molar-refractivity contribution in [2.75, 3.05) is 10.6 Å². The Balaban J connectivity index is 1.08. The Morgan fingerprint density at radius 3 is 1.12 bits per heavy atom. The van der Waals surface area contributed by atoms with Crippen LogP contribution in [0, 0.1) is 11.8 Å². The number of benzene rings is 3. The fourth-order valence-corrected chi connectivity index (χ4v) is 6.11. The Kier molecular flexibility index (Phi) is 11.9. The van der Waals surface area contributed by atoms with Crippen LogP contribution in [0.25, 0.3) is 0 Å². The number of nitrogens with zero attached hydrogens (tertiary/aromatic N) is 2. The van der Waals surface area contributed by atoms with E-state index in [1.807, 2.05) is 48.5 Å². The third kappa shape index (κ3) is 9.47. The van der Waals surface area contributed by atoms with Gasteiger partial charge in [0, 0.05) is 34.3 Å². The SMILES string of the molecule is C/C(=N\NC(=O)c1ccc(C(=O)N/N=C(\C)c2ccc(NC(=O)C3CCCCC3)cc2)cc1)c1ccc(NC(=O)C2CCCCC2)cc1. The molecule has 0 saturated heterocycles. The highest BCUT2D eigenvalue weighted by Crippen LogP contribution is 2.26. The van der Waals surface area contributed by atoms with E-state index in [1.54, 1.807) is 38.1 Å². The van der Waals surface area contributed by atoms with Crippen molar-refractivity contribution in [3.05, 3.63) is 95.1 Å². The Morgan fingerprint density at radius 1 is 0.479 bits per heavy atom. The molecule has 3 aromatic carbocycles. The zero-order chi connectivity index (χ0) is 33.9. The highest BCUT2D eigenvalue weighted by molar-refractivity contribution is 6.03. The molecule has 2 aliphatic carbocycles. The summed E-state index contributed by atoms with van der Waals surface area (Å²) >= 11 is 0. The van der Waals surface area contributed by atoms with Crippen molar-refractivity contribution in [2.24, 2.45) is 22.0 Å². The molecule has 3 aromatic rings. The van der Waals surface area contributed by atoms with Gasteiger partial charge < -0.3 is 10.6 Å². The number of amides is 4. The Bertz CT molecular complexity index is 1530. The summed E-state index contributed by atoms with van der Waals surface area (Å²) < 4.78 is 0. The van der Waals surface area contributed by atoms with E-state index < -0.39 is 11.8 Å². The Morgan fingerprint density at radius 2 is 0.792 bits per heavy atom. The average Bonchev–Trinajstić information content (AvgIpc) is 3.14. The minimum absolute atomic E-state index is 0.0743. The van der Waals surface area contributed by atoms with Crippen LogP contribution in [0.5, 0.6) is 0 Å². The molecule has 4 amide bonds. The van der Waals surface area contributed by atoms with Crippen LogP contribution in [0.3, 0.4) is 0 Å². The maximum absolute atomic E-state index is 12.7. The van der Waals surface area contributed by atoms with Crippen LogP contribution in [-0.4, -0.2) is 35.1 Å². The van der Waals surface area contributed by atoms with Crippen LogP contribution in [-0.2, 0) is 9.59 Å². The third-order valence-electron chi connectivity index (χ3n) is 9.15. The van der Waals surface area contributed by atoms with Crippen LogP contribution in [0.2, 0.25) is 0 Å². The number of hydrogen-bond donors (Lipinski definition) is 4.